The maximum Gasteiger partial charge on any atom is 0.187 e. The average molecular weight is 405 g/mol. The summed E-state index contributed by atoms with van der Waals surface area (Å²) >= 11 is 0. The first kappa shape index (κ1) is 25.8. The smallest absolute Gasteiger partial charge is 0.187 e. The molecule has 0 radical (unpaired) electrons. The molecule has 0 saturated carbocycles. The molecular formula is C22H44O6. The fourth-order valence-corrected chi connectivity index (χ4v) is 3.89. The average Bonchev–Trinajstić information content (AvgIpc) is 2.68. The third kappa shape index (κ3) is 8.64. The van der Waals surface area contributed by atoms with Crippen molar-refractivity contribution < 1.29 is 29.9 Å². The van der Waals surface area contributed by atoms with Crippen LogP contribution >= 0.6 is 0 Å². The molecule has 0 amide bonds. The van der Waals surface area contributed by atoms with Crippen molar-refractivity contribution in [1.29, 1.82) is 0 Å². The quantitative estimate of drug-likeness (QED) is 0.313. The molecule has 4 N–H and O–H groups in total. The zero-order valence-electron chi connectivity index (χ0n) is 18.2. The molecular weight excluding hydrogens is 360 g/mol. The van der Waals surface area contributed by atoms with Crippen molar-refractivity contribution in [3.63, 3.8) is 0 Å². The van der Waals surface area contributed by atoms with Crippen molar-refractivity contribution in [2.24, 2.45) is 0 Å². The predicted octanol–water partition coefficient (Wildman–Crippen LogP) is 3.28. The molecule has 1 fully saturated rings. The fourth-order valence-electron chi connectivity index (χ4n) is 3.89. The van der Waals surface area contributed by atoms with E-state index in [1.165, 1.54) is 38.5 Å². The van der Waals surface area contributed by atoms with Crippen molar-refractivity contribution in [3.05, 3.63) is 0 Å². The van der Waals surface area contributed by atoms with Gasteiger partial charge in [-0.2, -0.15) is 0 Å². The van der Waals surface area contributed by atoms with Gasteiger partial charge in [-0.05, 0) is 19.8 Å². The molecule has 28 heavy (non-hydrogen) atoms. The first-order valence-corrected chi connectivity index (χ1v) is 11.4. The Labute approximate surface area is 171 Å². The molecule has 6 atom stereocenters. The van der Waals surface area contributed by atoms with Gasteiger partial charge in [0.25, 0.3) is 0 Å². The lowest BCUT2D eigenvalue weighted by atomic mass is 9.90. The van der Waals surface area contributed by atoms with Crippen molar-refractivity contribution >= 4 is 0 Å². The van der Waals surface area contributed by atoms with E-state index in [-0.39, 0.29) is 0 Å². The lowest BCUT2D eigenvalue weighted by Gasteiger charge is -2.43. The van der Waals surface area contributed by atoms with E-state index in [1.54, 1.807) is 0 Å². The highest BCUT2D eigenvalue weighted by atomic mass is 16.7. The molecule has 1 rings (SSSR count). The Morgan fingerprint density at radius 1 is 0.750 bits per heavy atom. The molecule has 0 aromatic rings. The Balaban J connectivity index is 2.65. The van der Waals surface area contributed by atoms with Crippen LogP contribution in [-0.2, 0) is 9.47 Å². The maximum atomic E-state index is 10.3. The number of rotatable bonds is 15. The lowest BCUT2D eigenvalue weighted by Crippen LogP contribution is -2.60. The SMILES string of the molecule is CCCCCCCCC(C)(CCCCCC)OC1O[C@H](CO)[C@@H](O)[C@H](O)[C@H]1O. The minimum absolute atomic E-state index is 0.435. The van der Waals surface area contributed by atoms with Gasteiger partial charge < -0.3 is 29.9 Å². The standard InChI is InChI=1S/C22H44O6/c1-4-6-8-10-11-13-15-22(3,14-12-9-7-5-2)28-21-20(26)19(25)18(24)17(16-23)27-21/h17-21,23-26H,4-16H2,1-3H3/t17-,18-,19+,20-,21?,22?/m1/s1. The molecule has 0 spiro atoms. The summed E-state index contributed by atoms with van der Waals surface area (Å²) in [6.07, 6.45) is 7.38. The summed E-state index contributed by atoms with van der Waals surface area (Å²) in [4.78, 5) is 0. The number of unbranched alkanes of at least 4 members (excludes halogenated alkanes) is 8. The van der Waals surface area contributed by atoms with Crippen molar-refractivity contribution in [3.8, 4) is 0 Å². The summed E-state index contributed by atoms with van der Waals surface area (Å²) in [6.45, 7) is 6.00. The minimum atomic E-state index is -1.39. The molecule has 1 saturated heterocycles. The Bertz CT molecular complexity index is 391. The van der Waals surface area contributed by atoms with Crippen LogP contribution in [0.3, 0.4) is 0 Å². The second kappa shape index (κ2) is 13.9. The highest BCUT2D eigenvalue weighted by Crippen LogP contribution is 2.32. The van der Waals surface area contributed by atoms with Crippen LogP contribution < -0.4 is 0 Å². The topological polar surface area (TPSA) is 99.4 Å². The summed E-state index contributed by atoms with van der Waals surface area (Å²) in [5.41, 5.74) is -0.466. The molecule has 0 aromatic heterocycles. The summed E-state index contributed by atoms with van der Waals surface area (Å²) in [5.74, 6) is 0. The second-order valence-electron chi connectivity index (χ2n) is 8.59. The van der Waals surface area contributed by atoms with Gasteiger partial charge in [-0.1, -0.05) is 78.1 Å². The van der Waals surface area contributed by atoms with Gasteiger partial charge in [0.1, 0.15) is 24.4 Å². The highest BCUT2D eigenvalue weighted by Gasteiger charge is 2.46. The molecule has 0 aliphatic carbocycles. The van der Waals surface area contributed by atoms with Gasteiger partial charge >= 0.3 is 0 Å². The third-order valence-corrected chi connectivity index (χ3v) is 5.87. The minimum Gasteiger partial charge on any atom is -0.394 e. The Morgan fingerprint density at radius 2 is 1.25 bits per heavy atom. The number of hydrogen-bond acceptors (Lipinski definition) is 6. The predicted molar refractivity (Wildman–Crippen MR) is 110 cm³/mol. The molecule has 168 valence electrons. The van der Waals surface area contributed by atoms with E-state index < -0.39 is 42.9 Å². The van der Waals surface area contributed by atoms with Gasteiger partial charge in [-0.25, -0.2) is 0 Å². The molecule has 1 aliphatic heterocycles. The molecule has 2 unspecified atom stereocenters. The molecule has 1 aliphatic rings. The Morgan fingerprint density at radius 3 is 1.79 bits per heavy atom. The van der Waals surface area contributed by atoms with E-state index in [2.05, 4.69) is 13.8 Å². The van der Waals surface area contributed by atoms with E-state index in [9.17, 15) is 20.4 Å². The van der Waals surface area contributed by atoms with Crippen LogP contribution in [0, 0.1) is 0 Å². The Kier molecular flexibility index (Phi) is 12.8. The van der Waals surface area contributed by atoms with Crippen LogP contribution in [0.2, 0.25) is 0 Å². The fraction of sp³-hybridized carbons (Fsp3) is 1.00. The molecule has 6 nitrogen and oxygen atoms in total. The van der Waals surface area contributed by atoms with E-state index >= 15 is 0 Å². The number of ether oxygens (including phenoxy) is 2. The number of aliphatic hydroxyl groups is 4. The maximum absolute atomic E-state index is 10.3. The molecule has 6 heteroatoms. The van der Waals surface area contributed by atoms with Crippen LogP contribution in [0.5, 0.6) is 0 Å². The second-order valence-corrected chi connectivity index (χ2v) is 8.59. The first-order valence-electron chi connectivity index (χ1n) is 11.4. The zero-order chi connectivity index (χ0) is 21.0. The first-order chi connectivity index (χ1) is 13.4. The molecule has 1 heterocycles. The molecule has 0 bridgehead atoms. The van der Waals surface area contributed by atoms with Crippen LogP contribution in [0.1, 0.15) is 97.8 Å². The number of hydrogen-bond donors (Lipinski definition) is 4. The summed E-state index contributed by atoms with van der Waals surface area (Å²) in [6, 6.07) is 0. The van der Waals surface area contributed by atoms with Crippen LogP contribution in [0.15, 0.2) is 0 Å². The third-order valence-electron chi connectivity index (χ3n) is 5.87. The largest absolute Gasteiger partial charge is 0.394 e. The molecule has 0 aromatic carbocycles. The monoisotopic (exact) mass is 404 g/mol. The Hall–Kier alpha value is -0.240. The van der Waals surface area contributed by atoms with Gasteiger partial charge in [-0.3, -0.25) is 0 Å². The summed E-state index contributed by atoms with van der Waals surface area (Å²) in [5, 5.41) is 39.7. The van der Waals surface area contributed by atoms with E-state index in [4.69, 9.17) is 9.47 Å². The summed E-state index contributed by atoms with van der Waals surface area (Å²) < 4.78 is 11.8. The van der Waals surface area contributed by atoms with Crippen LogP contribution in [-0.4, -0.2) is 63.3 Å². The van der Waals surface area contributed by atoms with Gasteiger partial charge in [0, 0.05) is 0 Å². The lowest BCUT2D eigenvalue weighted by molar-refractivity contribution is -0.326. The van der Waals surface area contributed by atoms with Crippen molar-refractivity contribution in [1.82, 2.24) is 0 Å². The van der Waals surface area contributed by atoms with Crippen LogP contribution in [0.25, 0.3) is 0 Å². The van der Waals surface area contributed by atoms with Gasteiger partial charge in [0.05, 0.1) is 12.2 Å². The van der Waals surface area contributed by atoms with Gasteiger partial charge in [0.2, 0.25) is 0 Å². The zero-order valence-corrected chi connectivity index (χ0v) is 18.2. The van der Waals surface area contributed by atoms with Crippen molar-refractivity contribution in [2.75, 3.05) is 6.61 Å². The van der Waals surface area contributed by atoms with E-state index in [0.29, 0.717) is 0 Å². The van der Waals surface area contributed by atoms with Crippen molar-refractivity contribution in [2.45, 2.75) is 134 Å². The van der Waals surface area contributed by atoms with Gasteiger partial charge in [-0.15, -0.1) is 0 Å². The summed E-state index contributed by atoms with van der Waals surface area (Å²) in [7, 11) is 0. The van der Waals surface area contributed by atoms with E-state index in [0.717, 1.165) is 38.5 Å². The highest BCUT2D eigenvalue weighted by molar-refractivity contribution is 4.90. The van der Waals surface area contributed by atoms with E-state index in [1.807, 2.05) is 6.92 Å². The van der Waals surface area contributed by atoms with Crippen LogP contribution in [0.4, 0.5) is 0 Å². The van der Waals surface area contributed by atoms with Gasteiger partial charge in [0.15, 0.2) is 6.29 Å². The number of aliphatic hydroxyl groups excluding tert-OH is 4. The normalized spacial score (nSPS) is 30.3.